The van der Waals surface area contributed by atoms with Gasteiger partial charge in [-0.2, -0.15) is 0 Å². The molecule has 0 atom stereocenters. The molecule has 0 saturated carbocycles. The van der Waals surface area contributed by atoms with Crippen LogP contribution in [0.25, 0.3) is 11.0 Å². The summed E-state index contributed by atoms with van der Waals surface area (Å²) < 4.78 is 11.6. The van der Waals surface area contributed by atoms with Gasteiger partial charge in [-0.05, 0) is 25.1 Å². The van der Waals surface area contributed by atoms with Crippen molar-refractivity contribution in [3.05, 3.63) is 84.4 Å². The van der Waals surface area contributed by atoms with Crippen molar-refractivity contribution in [1.82, 2.24) is 4.98 Å². The van der Waals surface area contributed by atoms with Crippen molar-refractivity contribution in [2.24, 2.45) is 0 Å². The number of carbonyl (C=O) groups is 1. The van der Waals surface area contributed by atoms with Gasteiger partial charge in [0.15, 0.2) is 11.5 Å². The van der Waals surface area contributed by atoms with E-state index in [-0.39, 0.29) is 11.7 Å². The molecule has 0 saturated heterocycles. The number of para-hydroxylation sites is 2. The first-order valence-electron chi connectivity index (χ1n) is 8.19. The molecule has 0 unspecified atom stereocenters. The van der Waals surface area contributed by atoms with E-state index >= 15 is 0 Å². The van der Waals surface area contributed by atoms with Gasteiger partial charge in [-0.3, -0.25) is 9.78 Å². The van der Waals surface area contributed by atoms with Crippen LogP contribution >= 0.6 is 0 Å². The maximum atomic E-state index is 12.7. The second-order valence-corrected chi connectivity index (χ2v) is 5.79. The van der Waals surface area contributed by atoms with Crippen molar-refractivity contribution in [3.8, 4) is 11.5 Å². The minimum Gasteiger partial charge on any atom is -0.455 e. The number of anilines is 1. The molecule has 5 heteroatoms. The van der Waals surface area contributed by atoms with Gasteiger partial charge in [0.2, 0.25) is 0 Å². The molecule has 0 fully saturated rings. The molecule has 2 heterocycles. The highest BCUT2D eigenvalue weighted by molar-refractivity contribution is 6.07. The zero-order valence-corrected chi connectivity index (χ0v) is 14.1. The third-order valence-corrected chi connectivity index (χ3v) is 4.05. The van der Waals surface area contributed by atoms with Crippen molar-refractivity contribution in [1.29, 1.82) is 0 Å². The van der Waals surface area contributed by atoms with Crippen LogP contribution in [0, 0.1) is 6.92 Å². The van der Waals surface area contributed by atoms with E-state index in [9.17, 15) is 4.79 Å². The number of amides is 1. The molecule has 4 rings (SSSR count). The van der Waals surface area contributed by atoms with Crippen molar-refractivity contribution >= 4 is 22.6 Å². The van der Waals surface area contributed by atoms with Crippen molar-refractivity contribution in [2.75, 3.05) is 5.32 Å². The van der Waals surface area contributed by atoms with E-state index in [1.807, 2.05) is 61.5 Å². The van der Waals surface area contributed by atoms with Gasteiger partial charge in [-0.1, -0.05) is 36.4 Å². The number of hydrogen-bond acceptors (Lipinski definition) is 4. The van der Waals surface area contributed by atoms with Crippen LogP contribution in [0.2, 0.25) is 0 Å². The molecule has 128 valence electrons. The molecule has 4 aromatic rings. The number of fused-ring (bicyclic) bond motifs is 1. The van der Waals surface area contributed by atoms with Gasteiger partial charge in [0, 0.05) is 23.2 Å². The minimum absolute atomic E-state index is 0.278. The molecule has 2 aromatic heterocycles. The number of hydrogen-bond donors (Lipinski definition) is 1. The number of aryl methyl sites for hydroxylation is 1. The summed E-state index contributed by atoms with van der Waals surface area (Å²) in [7, 11) is 0. The first-order chi connectivity index (χ1) is 12.7. The summed E-state index contributed by atoms with van der Waals surface area (Å²) in [5.74, 6) is 1.12. The molecule has 1 amide bonds. The normalized spacial score (nSPS) is 10.7. The predicted octanol–water partition coefficient (Wildman–Crippen LogP) is 5.18. The van der Waals surface area contributed by atoms with E-state index in [0.717, 1.165) is 10.9 Å². The van der Waals surface area contributed by atoms with E-state index in [0.29, 0.717) is 22.8 Å². The first kappa shape index (κ1) is 15.9. The van der Waals surface area contributed by atoms with Gasteiger partial charge >= 0.3 is 0 Å². The highest BCUT2D eigenvalue weighted by Crippen LogP contribution is 2.30. The molecule has 0 aliphatic rings. The Bertz CT molecular complexity index is 1070. The second kappa shape index (κ2) is 6.72. The van der Waals surface area contributed by atoms with Crippen LogP contribution in [0.3, 0.4) is 0 Å². The first-order valence-corrected chi connectivity index (χ1v) is 8.19. The third-order valence-electron chi connectivity index (χ3n) is 4.05. The smallest absolute Gasteiger partial charge is 0.291 e. The SMILES string of the molecule is Cc1c(C(=O)Nc2cnccc2Oc2ccccc2)oc2ccccc12. The van der Waals surface area contributed by atoms with E-state index in [4.69, 9.17) is 9.15 Å². The maximum Gasteiger partial charge on any atom is 0.291 e. The number of aromatic nitrogens is 1. The van der Waals surface area contributed by atoms with Crippen LogP contribution in [0.4, 0.5) is 5.69 Å². The van der Waals surface area contributed by atoms with Crippen molar-refractivity contribution in [3.63, 3.8) is 0 Å². The Hall–Kier alpha value is -3.60. The zero-order chi connectivity index (χ0) is 17.9. The summed E-state index contributed by atoms with van der Waals surface area (Å²) in [4.78, 5) is 16.8. The summed E-state index contributed by atoms with van der Waals surface area (Å²) in [6.07, 6.45) is 3.16. The van der Waals surface area contributed by atoms with Gasteiger partial charge in [-0.25, -0.2) is 0 Å². The monoisotopic (exact) mass is 344 g/mol. The molecule has 1 N–H and O–H groups in total. The lowest BCUT2D eigenvalue weighted by molar-refractivity contribution is 0.0997. The number of carbonyl (C=O) groups excluding carboxylic acids is 1. The lowest BCUT2D eigenvalue weighted by Gasteiger charge is -2.11. The van der Waals surface area contributed by atoms with Crippen LogP contribution in [0.5, 0.6) is 11.5 Å². The Labute approximate surface area is 150 Å². The van der Waals surface area contributed by atoms with E-state index in [2.05, 4.69) is 10.3 Å². The quantitative estimate of drug-likeness (QED) is 0.554. The van der Waals surface area contributed by atoms with Gasteiger partial charge in [0.25, 0.3) is 5.91 Å². The van der Waals surface area contributed by atoms with Crippen LogP contribution in [0.1, 0.15) is 16.1 Å². The molecule has 0 bridgehead atoms. The number of rotatable bonds is 4. The summed E-state index contributed by atoms with van der Waals surface area (Å²) in [6.45, 7) is 1.87. The fourth-order valence-electron chi connectivity index (χ4n) is 2.75. The lowest BCUT2D eigenvalue weighted by Crippen LogP contribution is -2.13. The largest absolute Gasteiger partial charge is 0.455 e. The Morgan fingerprint density at radius 3 is 2.62 bits per heavy atom. The number of benzene rings is 2. The molecule has 0 aliphatic heterocycles. The average Bonchev–Trinajstić information content (AvgIpc) is 3.01. The highest BCUT2D eigenvalue weighted by atomic mass is 16.5. The molecule has 5 nitrogen and oxygen atoms in total. The maximum absolute atomic E-state index is 12.7. The molecular weight excluding hydrogens is 328 g/mol. The van der Waals surface area contributed by atoms with Crippen LogP contribution in [-0.2, 0) is 0 Å². The van der Waals surface area contributed by atoms with E-state index in [1.165, 1.54) is 0 Å². The highest BCUT2D eigenvalue weighted by Gasteiger charge is 2.19. The summed E-state index contributed by atoms with van der Waals surface area (Å²) >= 11 is 0. The predicted molar refractivity (Wildman–Crippen MR) is 99.7 cm³/mol. The summed E-state index contributed by atoms with van der Waals surface area (Å²) in [5.41, 5.74) is 1.95. The number of nitrogens with zero attached hydrogens (tertiary/aromatic N) is 1. The van der Waals surface area contributed by atoms with E-state index in [1.54, 1.807) is 18.5 Å². The lowest BCUT2D eigenvalue weighted by atomic mass is 10.1. The Kier molecular flexibility index (Phi) is 4.11. The molecule has 0 aliphatic carbocycles. The standard InChI is InChI=1S/C21H16N2O3/c1-14-16-9-5-6-10-18(16)26-20(14)21(24)23-17-13-22-12-11-19(17)25-15-7-3-2-4-8-15/h2-13H,1H3,(H,23,24). The fraction of sp³-hybridized carbons (Fsp3) is 0.0476. The Morgan fingerprint density at radius 1 is 1.04 bits per heavy atom. The van der Waals surface area contributed by atoms with Crippen molar-refractivity contribution < 1.29 is 13.9 Å². The molecule has 26 heavy (non-hydrogen) atoms. The number of pyridine rings is 1. The molecule has 0 spiro atoms. The Morgan fingerprint density at radius 2 is 1.81 bits per heavy atom. The van der Waals surface area contributed by atoms with Crippen molar-refractivity contribution in [2.45, 2.75) is 6.92 Å². The van der Waals surface area contributed by atoms with Gasteiger partial charge in [-0.15, -0.1) is 0 Å². The average molecular weight is 344 g/mol. The number of nitrogens with one attached hydrogen (secondary N) is 1. The molecular formula is C21H16N2O3. The molecule has 0 radical (unpaired) electrons. The zero-order valence-electron chi connectivity index (χ0n) is 14.1. The van der Waals surface area contributed by atoms with Gasteiger partial charge < -0.3 is 14.5 Å². The number of furan rings is 1. The van der Waals surface area contributed by atoms with Crippen LogP contribution in [-0.4, -0.2) is 10.9 Å². The van der Waals surface area contributed by atoms with Gasteiger partial charge in [0.1, 0.15) is 17.0 Å². The second-order valence-electron chi connectivity index (χ2n) is 5.79. The summed E-state index contributed by atoms with van der Waals surface area (Å²) in [6, 6.07) is 18.6. The fourth-order valence-corrected chi connectivity index (χ4v) is 2.75. The van der Waals surface area contributed by atoms with Gasteiger partial charge in [0.05, 0.1) is 6.20 Å². The minimum atomic E-state index is -0.343. The third kappa shape index (κ3) is 3.02. The van der Waals surface area contributed by atoms with Crippen LogP contribution < -0.4 is 10.1 Å². The van der Waals surface area contributed by atoms with Crippen LogP contribution in [0.15, 0.2) is 77.5 Å². The van der Waals surface area contributed by atoms with E-state index < -0.39 is 0 Å². The topological polar surface area (TPSA) is 64.4 Å². The Balaban J connectivity index is 1.62. The molecule has 2 aromatic carbocycles. The number of ether oxygens (including phenoxy) is 1. The summed E-state index contributed by atoms with van der Waals surface area (Å²) in [5, 5.41) is 3.75.